The van der Waals surface area contributed by atoms with Crippen molar-refractivity contribution < 1.29 is 14.0 Å². The lowest BCUT2D eigenvalue weighted by molar-refractivity contribution is 0.101. The fraction of sp³-hybridized carbons (Fsp3) is 0. The fourth-order valence-corrected chi connectivity index (χ4v) is 3.51. The molecular formula is C26H18FN5O3. The third-order valence-corrected chi connectivity index (χ3v) is 5.33. The molecule has 3 aromatic carbocycles. The molecular weight excluding hydrogens is 449 g/mol. The van der Waals surface area contributed by atoms with Gasteiger partial charge in [-0.3, -0.25) is 14.4 Å². The average molecular weight is 467 g/mol. The topological polar surface area (TPSA) is 120 Å². The van der Waals surface area contributed by atoms with Gasteiger partial charge in [-0.1, -0.05) is 6.07 Å². The van der Waals surface area contributed by atoms with Crippen molar-refractivity contribution in [1.82, 2.24) is 15.0 Å². The number of fused-ring (bicyclic) bond motifs is 1. The second kappa shape index (κ2) is 9.06. The number of nitrogens with zero attached hydrogens (tertiary/aromatic N) is 1. The number of amides is 2. The number of hydrogen-bond acceptors (Lipinski definition) is 4. The maximum atomic E-state index is 13.9. The van der Waals surface area contributed by atoms with Crippen LogP contribution in [0.25, 0.3) is 22.4 Å². The minimum atomic E-state index is -0.393. The summed E-state index contributed by atoms with van der Waals surface area (Å²) in [5.41, 5.74) is 3.14. The van der Waals surface area contributed by atoms with Gasteiger partial charge in [0.25, 0.3) is 11.8 Å². The van der Waals surface area contributed by atoms with Crippen LogP contribution in [-0.4, -0.2) is 26.8 Å². The van der Waals surface area contributed by atoms with Crippen LogP contribution in [0.1, 0.15) is 20.7 Å². The zero-order valence-corrected chi connectivity index (χ0v) is 18.1. The van der Waals surface area contributed by atoms with Crippen LogP contribution in [0.15, 0.2) is 89.9 Å². The summed E-state index contributed by atoms with van der Waals surface area (Å²) in [5.74, 6) is -0.564. The summed E-state index contributed by atoms with van der Waals surface area (Å²) >= 11 is 0. The van der Waals surface area contributed by atoms with Gasteiger partial charge in [0.2, 0.25) is 5.56 Å². The highest BCUT2D eigenvalue weighted by Crippen LogP contribution is 2.24. The van der Waals surface area contributed by atoms with E-state index in [0.29, 0.717) is 33.8 Å². The SMILES string of the molecule is O=C(Nc1ccc(-c2nc3c(F)cccc3[nH]2)cc1)c1ccc(NC(=O)c2ccc(=O)[nH]c2)cc1. The van der Waals surface area contributed by atoms with Gasteiger partial charge in [0.05, 0.1) is 11.1 Å². The van der Waals surface area contributed by atoms with Crippen LogP contribution in [0.2, 0.25) is 0 Å². The number of nitrogens with one attached hydrogen (secondary N) is 4. The Labute approximate surface area is 197 Å². The van der Waals surface area contributed by atoms with Crippen LogP contribution in [0.3, 0.4) is 0 Å². The van der Waals surface area contributed by atoms with Gasteiger partial charge in [-0.05, 0) is 66.7 Å². The highest BCUT2D eigenvalue weighted by molar-refractivity contribution is 6.06. The molecule has 5 aromatic rings. The Morgan fingerprint density at radius 2 is 1.40 bits per heavy atom. The van der Waals surface area contributed by atoms with E-state index in [9.17, 15) is 18.8 Å². The van der Waals surface area contributed by atoms with Gasteiger partial charge >= 0.3 is 0 Å². The number of carbonyl (C=O) groups excluding carboxylic acids is 2. The molecule has 9 heteroatoms. The van der Waals surface area contributed by atoms with E-state index in [4.69, 9.17) is 0 Å². The lowest BCUT2D eigenvalue weighted by atomic mass is 10.1. The molecule has 0 aliphatic carbocycles. The highest BCUT2D eigenvalue weighted by Gasteiger charge is 2.11. The summed E-state index contributed by atoms with van der Waals surface area (Å²) in [6, 6.07) is 20.9. The molecule has 2 amide bonds. The number of rotatable bonds is 5. The maximum absolute atomic E-state index is 13.9. The summed E-state index contributed by atoms with van der Waals surface area (Å²) < 4.78 is 13.9. The number of imidazole rings is 1. The molecule has 2 aromatic heterocycles. The number of anilines is 2. The van der Waals surface area contributed by atoms with Crippen LogP contribution < -0.4 is 16.2 Å². The Hall–Kier alpha value is -5.05. The van der Waals surface area contributed by atoms with Gasteiger partial charge < -0.3 is 20.6 Å². The Kier molecular flexibility index (Phi) is 5.64. The van der Waals surface area contributed by atoms with E-state index in [-0.39, 0.29) is 22.9 Å². The first-order chi connectivity index (χ1) is 17.0. The maximum Gasteiger partial charge on any atom is 0.257 e. The van der Waals surface area contributed by atoms with E-state index in [2.05, 4.69) is 25.6 Å². The normalized spacial score (nSPS) is 10.8. The monoisotopic (exact) mass is 467 g/mol. The molecule has 0 aliphatic heterocycles. The number of carbonyl (C=O) groups is 2. The van der Waals surface area contributed by atoms with Gasteiger partial charge in [0, 0.05) is 34.8 Å². The first kappa shape index (κ1) is 21.8. The second-order valence-corrected chi connectivity index (χ2v) is 7.73. The number of H-pyrrole nitrogens is 2. The van der Waals surface area contributed by atoms with Crippen molar-refractivity contribution in [2.75, 3.05) is 10.6 Å². The van der Waals surface area contributed by atoms with Gasteiger partial charge in [0.1, 0.15) is 11.3 Å². The molecule has 0 atom stereocenters. The van der Waals surface area contributed by atoms with E-state index < -0.39 is 5.82 Å². The number of benzene rings is 3. The van der Waals surface area contributed by atoms with Crippen LogP contribution in [0.5, 0.6) is 0 Å². The number of para-hydroxylation sites is 1. The van der Waals surface area contributed by atoms with E-state index >= 15 is 0 Å². The Balaban J connectivity index is 1.23. The largest absolute Gasteiger partial charge is 0.338 e. The first-order valence-corrected chi connectivity index (χ1v) is 10.6. The van der Waals surface area contributed by atoms with E-state index in [1.807, 2.05) is 0 Å². The molecule has 5 rings (SSSR count). The third-order valence-electron chi connectivity index (χ3n) is 5.33. The molecule has 0 unspecified atom stereocenters. The zero-order valence-electron chi connectivity index (χ0n) is 18.1. The predicted molar refractivity (Wildman–Crippen MR) is 131 cm³/mol. The zero-order chi connectivity index (χ0) is 24.4. The molecule has 35 heavy (non-hydrogen) atoms. The molecule has 172 valence electrons. The summed E-state index contributed by atoms with van der Waals surface area (Å²) in [7, 11) is 0. The Morgan fingerprint density at radius 3 is 2.03 bits per heavy atom. The first-order valence-electron chi connectivity index (χ1n) is 10.6. The average Bonchev–Trinajstić information content (AvgIpc) is 3.31. The smallest absolute Gasteiger partial charge is 0.257 e. The Morgan fingerprint density at radius 1 is 0.771 bits per heavy atom. The standard InChI is InChI=1S/C26H18FN5O3/c27-20-2-1-3-21-23(20)32-24(31-21)15-4-9-18(10-5-15)29-25(34)16-6-11-19(12-7-16)30-26(35)17-8-13-22(33)28-14-17/h1-14H,(H,28,33)(H,29,34)(H,30,35)(H,31,32). The van der Waals surface area contributed by atoms with Crippen molar-refractivity contribution >= 4 is 34.2 Å². The number of pyridine rings is 1. The van der Waals surface area contributed by atoms with Gasteiger partial charge in [0.15, 0.2) is 5.82 Å². The van der Waals surface area contributed by atoms with Gasteiger partial charge in [-0.15, -0.1) is 0 Å². The number of halogens is 1. The number of aromatic amines is 2. The predicted octanol–water partition coefficient (Wildman–Crippen LogP) is 4.56. The number of hydrogen-bond donors (Lipinski definition) is 4. The molecule has 0 saturated heterocycles. The molecule has 4 N–H and O–H groups in total. The highest BCUT2D eigenvalue weighted by atomic mass is 19.1. The van der Waals surface area contributed by atoms with Gasteiger partial charge in [-0.25, -0.2) is 9.37 Å². The second-order valence-electron chi connectivity index (χ2n) is 7.73. The van der Waals surface area contributed by atoms with Crippen molar-refractivity contribution in [3.8, 4) is 11.4 Å². The minimum absolute atomic E-state index is 0.276. The number of aromatic nitrogens is 3. The Bertz CT molecular complexity index is 1580. The van der Waals surface area contributed by atoms with Gasteiger partial charge in [-0.2, -0.15) is 0 Å². The van der Waals surface area contributed by atoms with Crippen LogP contribution in [-0.2, 0) is 0 Å². The summed E-state index contributed by atoms with van der Waals surface area (Å²) in [6.45, 7) is 0. The summed E-state index contributed by atoms with van der Waals surface area (Å²) in [4.78, 5) is 45.8. The summed E-state index contributed by atoms with van der Waals surface area (Å²) in [6.07, 6.45) is 1.33. The molecule has 0 spiro atoms. The van der Waals surface area contributed by atoms with E-state index in [0.717, 1.165) is 5.56 Å². The lowest BCUT2D eigenvalue weighted by Crippen LogP contribution is -2.15. The van der Waals surface area contributed by atoms with E-state index in [1.165, 1.54) is 24.4 Å². The van der Waals surface area contributed by atoms with E-state index in [1.54, 1.807) is 60.7 Å². The summed E-state index contributed by atoms with van der Waals surface area (Å²) in [5, 5.41) is 5.52. The molecule has 0 fully saturated rings. The van der Waals surface area contributed by atoms with Crippen molar-refractivity contribution in [3.63, 3.8) is 0 Å². The van der Waals surface area contributed by atoms with Crippen LogP contribution in [0.4, 0.5) is 15.8 Å². The van der Waals surface area contributed by atoms with Crippen molar-refractivity contribution in [3.05, 3.63) is 112 Å². The lowest BCUT2D eigenvalue weighted by Gasteiger charge is -2.08. The molecule has 0 aliphatic rings. The van der Waals surface area contributed by atoms with Crippen molar-refractivity contribution in [1.29, 1.82) is 0 Å². The molecule has 0 saturated carbocycles. The minimum Gasteiger partial charge on any atom is -0.338 e. The third kappa shape index (κ3) is 4.69. The molecule has 8 nitrogen and oxygen atoms in total. The fourth-order valence-electron chi connectivity index (χ4n) is 3.51. The van der Waals surface area contributed by atoms with Crippen LogP contribution >= 0.6 is 0 Å². The van der Waals surface area contributed by atoms with Crippen molar-refractivity contribution in [2.45, 2.75) is 0 Å². The van der Waals surface area contributed by atoms with Crippen LogP contribution in [0, 0.1) is 5.82 Å². The van der Waals surface area contributed by atoms with Crippen molar-refractivity contribution in [2.24, 2.45) is 0 Å². The molecule has 2 heterocycles. The molecule has 0 bridgehead atoms. The quantitative estimate of drug-likeness (QED) is 0.303. The molecule has 0 radical (unpaired) electrons.